The fourth-order valence-electron chi connectivity index (χ4n) is 2.28. The predicted molar refractivity (Wildman–Crippen MR) is 73.9 cm³/mol. The molecule has 19 heavy (non-hydrogen) atoms. The van der Waals surface area contributed by atoms with E-state index < -0.39 is 0 Å². The van der Waals surface area contributed by atoms with Crippen LogP contribution in [0.2, 0.25) is 0 Å². The van der Waals surface area contributed by atoms with Crippen LogP contribution in [0.1, 0.15) is 32.3 Å². The molecule has 1 aliphatic heterocycles. The Morgan fingerprint density at radius 1 is 1.32 bits per heavy atom. The van der Waals surface area contributed by atoms with Gasteiger partial charge >= 0.3 is 0 Å². The predicted octanol–water partition coefficient (Wildman–Crippen LogP) is 2.98. The van der Waals surface area contributed by atoms with Crippen molar-refractivity contribution in [3.8, 4) is 0 Å². The molecule has 1 aromatic carbocycles. The molecule has 2 rings (SSSR count). The topological polar surface area (TPSA) is 35.5 Å². The Morgan fingerprint density at radius 3 is 2.74 bits per heavy atom. The fourth-order valence-corrected chi connectivity index (χ4v) is 2.28. The van der Waals surface area contributed by atoms with Crippen molar-refractivity contribution < 1.29 is 14.3 Å². The van der Waals surface area contributed by atoms with Gasteiger partial charge in [0.15, 0.2) is 0 Å². The zero-order valence-electron chi connectivity index (χ0n) is 11.7. The number of Topliss-reactive ketones (excluding diaryl/α,β-unsaturated/α-hetero) is 1. The van der Waals surface area contributed by atoms with Crippen molar-refractivity contribution in [2.45, 2.75) is 39.4 Å². The summed E-state index contributed by atoms with van der Waals surface area (Å²) in [5.41, 5.74) is 1.03. The first-order valence-electron chi connectivity index (χ1n) is 6.83. The zero-order chi connectivity index (χ0) is 13.7. The summed E-state index contributed by atoms with van der Waals surface area (Å²) in [7, 11) is 0. The number of ether oxygens (including phenoxy) is 2. The smallest absolute Gasteiger partial charge is 0.137 e. The number of hydrogen-bond acceptors (Lipinski definition) is 3. The van der Waals surface area contributed by atoms with Crippen molar-refractivity contribution in [3.63, 3.8) is 0 Å². The van der Waals surface area contributed by atoms with Crippen LogP contribution in [0.5, 0.6) is 0 Å². The molecule has 0 saturated carbocycles. The van der Waals surface area contributed by atoms with Gasteiger partial charge in [0.2, 0.25) is 0 Å². The lowest BCUT2D eigenvalue weighted by Crippen LogP contribution is -2.40. The molecule has 3 heteroatoms. The van der Waals surface area contributed by atoms with Gasteiger partial charge in [-0.2, -0.15) is 0 Å². The Kier molecular flexibility index (Phi) is 4.72. The van der Waals surface area contributed by atoms with Crippen LogP contribution in [0.3, 0.4) is 0 Å². The molecule has 1 aromatic rings. The van der Waals surface area contributed by atoms with E-state index in [1.807, 2.05) is 30.3 Å². The largest absolute Gasteiger partial charge is 0.377 e. The first kappa shape index (κ1) is 14.2. The fraction of sp³-hybridized carbons (Fsp3) is 0.562. The summed E-state index contributed by atoms with van der Waals surface area (Å²) in [5, 5.41) is 0. The van der Waals surface area contributed by atoms with Crippen LogP contribution in [0, 0.1) is 5.41 Å². The van der Waals surface area contributed by atoms with Crippen LogP contribution in [0.4, 0.5) is 0 Å². The average Bonchev–Trinajstić information content (AvgIpc) is 2.40. The summed E-state index contributed by atoms with van der Waals surface area (Å²) >= 11 is 0. The molecular formula is C16H22O3. The van der Waals surface area contributed by atoms with Gasteiger partial charge in [-0.25, -0.2) is 0 Å². The Bertz CT molecular complexity index is 411. The van der Waals surface area contributed by atoms with Crippen LogP contribution < -0.4 is 0 Å². The molecular weight excluding hydrogens is 240 g/mol. The van der Waals surface area contributed by atoms with Crippen molar-refractivity contribution in [3.05, 3.63) is 35.9 Å². The molecule has 0 aliphatic carbocycles. The van der Waals surface area contributed by atoms with E-state index in [1.165, 1.54) is 5.56 Å². The number of ketones is 1. The number of benzene rings is 1. The van der Waals surface area contributed by atoms with Crippen LogP contribution in [-0.4, -0.2) is 25.1 Å². The molecule has 0 amide bonds. The van der Waals surface area contributed by atoms with Crippen molar-refractivity contribution in [1.29, 1.82) is 0 Å². The second-order valence-corrected chi connectivity index (χ2v) is 5.82. The standard InChI is InChI=1S/C16H22O3/c1-16(2,15-10-14(17)8-9-19-15)12-18-11-13-6-4-3-5-7-13/h3-7,15H,8-12H2,1-2H3/t15-/m0/s1. The van der Waals surface area contributed by atoms with Gasteiger partial charge in [-0.3, -0.25) is 4.79 Å². The Labute approximate surface area is 114 Å². The molecule has 1 saturated heterocycles. The van der Waals surface area contributed by atoms with Crippen molar-refractivity contribution in [1.82, 2.24) is 0 Å². The van der Waals surface area contributed by atoms with Crippen LogP contribution in [0.25, 0.3) is 0 Å². The lowest BCUT2D eigenvalue weighted by molar-refractivity contribution is -0.138. The van der Waals surface area contributed by atoms with Crippen molar-refractivity contribution in [2.75, 3.05) is 13.2 Å². The summed E-state index contributed by atoms with van der Waals surface area (Å²) in [5.74, 6) is 0.299. The third kappa shape index (κ3) is 4.15. The molecule has 1 atom stereocenters. The van der Waals surface area contributed by atoms with Crippen molar-refractivity contribution >= 4 is 5.78 Å². The normalized spacial score (nSPS) is 20.5. The van der Waals surface area contributed by atoms with E-state index in [2.05, 4.69) is 13.8 Å². The third-order valence-electron chi connectivity index (χ3n) is 3.57. The minimum atomic E-state index is -0.134. The molecule has 0 bridgehead atoms. The Hall–Kier alpha value is -1.19. The maximum atomic E-state index is 11.5. The van der Waals surface area contributed by atoms with Crippen LogP contribution >= 0.6 is 0 Å². The minimum Gasteiger partial charge on any atom is -0.377 e. The maximum Gasteiger partial charge on any atom is 0.137 e. The quantitative estimate of drug-likeness (QED) is 0.818. The van der Waals surface area contributed by atoms with Crippen LogP contribution in [-0.2, 0) is 20.9 Å². The Morgan fingerprint density at radius 2 is 2.05 bits per heavy atom. The number of carbonyl (C=O) groups excluding carboxylic acids is 1. The van der Waals surface area contributed by atoms with E-state index in [1.54, 1.807) is 0 Å². The molecule has 0 spiro atoms. The SMILES string of the molecule is CC(C)(COCc1ccccc1)[C@@H]1CC(=O)CCO1. The molecule has 0 N–H and O–H groups in total. The van der Waals surface area contributed by atoms with Gasteiger partial charge in [-0.1, -0.05) is 44.2 Å². The average molecular weight is 262 g/mol. The molecule has 1 heterocycles. The van der Waals surface area contributed by atoms with Gasteiger partial charge in [-0.15, -0.1) is 0 Å². The summed E-state index contributed by atoms with van der Waals surface area (Å²) in [4.78, 5) is 11.5. The zero-order valence-corrected chi connectivity index (χ0v) is 11.7. The molecule has 0 aromatic heterocycles. The van der Waals surface area contributed by atoms with Gasteiger partial charge in [0.25, 0.3) is 0 Å². The first-order valence-corrected chi connectivity index (χ1v) is 6.83. The number of hydrogen-bond donors (Lipinski definition) is 0. The summed E-state index contributed by atoms with van der Waals surface area (Å²) < 4.78 is 11.5. The molecule has 1 aliphatic rings. The van der Waals surface area contributed by atoms with E-state index in [0.29, 0.717) is 38.4 Å². The highest BCUT2D eigenvalue weighted by molar-refractivity contribution is 5.79. The highest BCUT2D eigenvalue weighted by atomic mass is 16.5. The second kappa shape index (κ2) is 6.31. The summed E-state index contributed by atoms with van der Waals surface area (Å²) in [6.45, 7) is 5.94. The van der Waals surface area contributed by atoms with Gasteiger partial charge in [-0.05, 0) is 5.56 Å². The molecule has 104 valence electrons. The third-order valence-corrected chi connectivity index (χ3v) is 3.57. The van der Waals surface area contributed by atoms with E-state index >= 15 is 0 Å². The lowest BCUT2D eigenvalue weighted by Gasteiger charge is -2.35. The van der Waals surface area contributed by atoms with E-state index in [9.17, 15) is 4.79 Å². The summed E-state index contributed by atoms with van der Waals surface area (Å²) in [6.07, 6.45) is 1.05. The van der Waals surface area contributed by atoms with E-state index in [-0.39, 0.29) is 11.5 Å². The molecule has 1 fully saturated rings. The monoisotopic (exact) mass is 262 g/mol. The molecule has 0 unspecified atom stereocenters. The number of rotatable bonds is 5. The maximum absolute atomic E-state index is 11.5. The van der Waals surface area contributed by atoms with Gasteiger partial charge in [0.1, 0.15) is 5.78 Å². The van der Waals surface area contributed by atoms with E-state index in [4.69, 9.17) is 9.47 Å². The van der Waals surface area contributed by atoms with Gasteiger partial charge < -0.3 is 9.47 Å². The van der Waals surface area contributed by atoms with Gasteiger partial charge in [0, 0.05) is 18.3 Å². The highest BCUT2D eigenvalue weighted by Crippen LogP contribution is 2.29. The lowest BCUT2D eigenvalue weighted by atomic mass is 9.83. The second-order valence-electron chi connectivity index (χ2n) is 5.82. The minimum absolute atomic E-state index is 0.0236. The molecule has 0 radical (unpaired) electrons. The summed E-state index contributed by atoms with van der Waals surface area (Å²) in [6, 6.07) is 10.1. The number of carbonyl (C=O) groups is 1. The van der Waals surface area contributed by atoms with Gasteiger partial charge in [0.05, 0.1) is 25.9 Å². The van der Waals surface area contributed by atoms with Crippen molar-refractivity contribution in [2.24, 2.45) is 5.41 Å². The van der Waals surface area contributed by atoms with E-state index in [0.717, 1.165) is 0 Å². The Balaban J connectivity index is 1.82. The molecule has 3 nitrogen and oxygen atoms in total. The first-order chi connectivity index (χ1) is 9.08. The van der Waals surface area contributed by atoms with Crippen LogP contribution in [0.15, 0.2) is 30.3 Å². The highest BCUT2D eigenvalue weighted by Gasteiger charge is 2.34.